The lowest BCUT2D eigenvalue weighted by Crippen LogP contribution is -2.36. The SMILES string of the molecule is COc1ccc(OC)c(C2(N)CCCC(C)CC2)c1. The Morgan fingerprint density at radius 1 is 1.16 bits per heavy atom. The Morgan fingerprint density at radius 3 is 2.63 bits per heavy atom. The van der Waals surface area contributed by atoms with Gasteiger partial charge in [-0.2, -0.15) is 0 Å². The number of ether oxygens (including phenoxy) is 2. The number of rotatable bonds is 3. The fourth-order valence-electron chi connectivity index (χ4n) is 3.01. The lowest BCUT2D eigenvalue weighted by molar-refractivity contribution is 0.341. The Balaban J connectivity index is 2.37. The van der Waals surface area contributed by atoms with E-state index in [1.165, 1.54) is 19.3 Å². The van der Waals surface area contributed by atoms with Crippen molar-refractivity contribution in [2.75, 3.05) is 14.2 Å². The van der Waals surface area contributed by atoms with Crippen molar-refractivity contribution in [2.45, 2.75) is 44.6 Å². The molecule has 0 amide bonds. The average molecular weight is 263 g/mol. The maximum atomic E-state index is 6.71. The van der Waals surface area contributed by atoms with Crippen LogP contribution in [0.1, 0.15) is 44.6 Å². The lowest BCUT2D eigenvalue weighted by atomic mass is 9.83. The van der Waals surface area contributed by atoms with E-state index < -0.39 is 0 Å². The summed E-state index contributed by atoms with van der Waals surface area (Å²) in [5.41, 5.74) is 7.51. The van der Waals surface area contributed by atoms with E-state index in [0.717, 1.165) is 35.8 Å². The van der Waals surface area contributed by atoms with E-state index in [1.807, 2.05) is 18.2 Å². The number of nitrogens with two attached hydrogens (primary N) is 1. The molecule has 0 saturated heterocycles. The molecule has 3 nitrogen and oxygen atoms in total. The van der Waals surface area contributed by atoms with Crippen molar-refractivity contribution in [1.29, 1.82) is 0 Å². The zero-order chi connectivity index (χ0) is 13.9. The van der Waals surface area contributed by atoms with Crippen LogP contribution in [0.2, 0.25) is 0 Å². The fourth-order valence-corrected chi connectivity index (χ4v) is 3.01. The molecule has 2 unspecified atom stereocenters. The van der Waals surface area contributed by atoms with Crippen molar-refractivity contribution in [3.63, 3.8) is 0 Å². The minimum atomic E-state index is -0.287. The predicted octanol–water partition coefficient (Wildman–Crippen LogP) is 3.46. The molecule has 1 aliphatic rings. The summed E-state index contributed by atoms with van der Waals surface area (Å²) in [5.74, 6) is 2.48. The summed E-state index contributed by atoms with van der Waals surface area (Å²) >= 11 is 0. The van der Waals surface area contributed by atoms with Crippen molar-refractivity contribution in [3.8, 4) is 11.5 Å². The second-order valence-corrected chi connectivity index (χ2v) is 5.76. The quantitative estimate of drug-likeness (QED) is 0.849. The van der Waals surface area contributed by atoms with Crippen LogP contribution in [0.3, 0.4) is 0 Å². The number of hydrogen-bond donors (Lipinski definition) is 1. The smallest absolute Gasteiger partial charge is 0.124 e. The maximum Gasteiger partial charge on any atom is 0.124 e. The number of hydrogen-bond acceptors (Lipinski definition) is 3. The van der Waals surface area contributed by atoms with E-state index in [9.17, 15) is 0 Å². The third-order valence-corrected chi connectivity index (χ3v) is 4.35. The first-order chi connectivity index (χ1) is 9.09. The Labute approximate surface area is 116 Å². The van der Waals surface area contributed by atoms with Gasteiger partial charge in [0.25, 0.3) is 0 Å². The summed E-state index contributed by atoms with van der Waals surface area (Å²) in [6.45, 7) is 2.31. The molecular formula is C16H25NO2. The molecule has 0 aromatic heterocycles. The molecule has 106 valence electrons. The minimum absolute atomic E-state index is 0.287. The summed E-state index contributed by atoms with van der Waals surface area (Å²) in [6, 6.07) is 5.91. The zero-order valence-electron chi connectivity index (χ0n) is 12.2. The van der Waals surface area contributed by atoms with Gasteiger partial charge in [-0.1, -0.05) is 19.8 Å². The summed E-state index contributed by atoms with van der Waals surface area (Å²) in [4.78, 5) is 0. The van der Waals surface area contributed by atoms with Gasteiger partial charge in [0.05, 0.1) is 14.2 Å². The van der Waals surface area contributed by atoms with E-state index in [-0.39, 0.29) is 5.54 Å². The molecule has 1 aromatic rings. The van der Waals surface area contributed by atoms with Crippen LogP contribution in [-0.4, -0.2) is 14.2 Å². The van der Waals surface area contributed by atoms with Crippen LogP contribution in [0.5, 0.6) is 11.5 Å². The molecule has 0 aliphatic heterocycles. The van der Waals surface area contributed by atoms with Crippen LogP contribution < -0.4 is 15.2 Å². The van der Waals surface area contributed by atoms with Crippen molar-refractivity contribution in [3.05, 3.63) is 23.8 Å². The van der Waals surface area contributed by atoms with E-state index in [2.05, 4.69) is 6.92 Å². The van der Waals surface area contributed by atoms with Gasteiger partial charge >= 0.3 is 0 Å². The number of benzene rings is 1. The topological polar surface area (TPSA) is 44.5 Å². The third-order valence-electron chi connectivity index (χ3n) is 4.35. The van der Waals surface area contributed by atoms with Crippen LogP contribution in [0.25, 0.3) is 0 Å². The third kappa shape index (κ3) is 3.03. The van der Waals surface area contributed by atoms with Crippen molar-refractivity contribution in [1.82, 2.24) is 0 Å². The van der Waals surface area contributed by atoms with Crippen LogP contribution in [-0.2, 0) is 5.54 Å². The van der Waals surface area contributed by atoms with Crippen molar-refractivity contribution >= 4 is 0 Å². The second-order valence-electron chi connectivity index (χ2n) is 5.76. The minimum Gasteiger partial charge on any atom is -0.497 e. The Morgan fingerprint density at radius 2 is 1.95 bits per heavy atom. The maximum absolute atomic E-state index is 6.71. The van der Waals surface area contributed by atoms with Gasteiger partial charge in [-0.25, -0.2) is 0 Å². The van der Waals surface area contributed by atoms with Gasteiger partial charge < -0.3 is 15.2 Å². The average Bonchev–Trinajstić information content (AvgIpc) is 2.61. The normalized spacial score (nSPS) is 27.7. The van der Waals surface area contributed by atoms with Crippen LogP contribution in [0.15, 0.2) is 18.2 Å². The monoisotopic (exact) mass is 263 g/mol. The molecule has 0 heterocycles. The Bertz CT molecular complexity index is 433. The molecule has 19 heavy (non-hydrogen) atoms. The Hall–Kier alpha value is -1.22. The summed E-state index contributed by atoms with van der Waals surface area (Å²) in [5, 5.41) is 0. The first kappa shape index (κ1) is 14.2. The van der Waals surface area contributed by atoms with E-state index in [0.29, 0.717) is 0 Å². The summed E-state index contributed by atoms with van der Waals surface area (Å²) in [7, 11) is 3.39. The molecule has 1 aliphatic carbocycles. The van der Waals surface area contributed by atoms with Gasteiger partial charge in [0.2, 0.25) is 0 Å². The van der Waals surface area contributed by atoms with E-state index in [1.54, 1.807) is 14.2 Å². The lowest BCUT2D eigenvalue weighted by Gasteiger charge is -2.30. The Kier molecular flexibility index (Phi) is 4.35. The summed E-state index contributed by atoms with van der Waals surface area (Å²) < 4.78 is 10.8. The highest BCUT2D eigenvalue weighted by atomic mass is 16.5. The van der Waals surface area contributed by atoms with Crippen LogP contribution >= 0.6 is 0 Å². The van der Waals surface area contributed by atoms with Gasteiger partial charge in [0.1, 0.15) is 11.5 Å². The molecule has 1 saturated carbocycles. The molecule has 2 atom stereocenters. The molecule has 0 spiro atoms. The van der Waals surface area contributed by atoms with Gasteiger partial charge in [0.15, 0.2) is 0 Å². The molecule has 2 rings (SSSR count). The van der Waals surface area contributed by atoms with E-state index >= 15 is 0 Å². The molecule has 3 heteroatoms. The van der Waals surface area contributed by atoms with Crippen LogP contribution in [0.4, 0.5) is 0 Å². The molecule has 2 N–H and O–H groups in total. The highest BCUT2D eigenvalue weighted by molar-refractivity contribution is 5.44. The van der Waals surface area contributed by atoms with Crippen LogP contribution in [0, 0.1) is 5.92 Å². The zero-order valence-corrected chi connectivity index (χ0v) is 12.2. The molecule has 0 radical (unpaired) electrons. The van der Waals surface area contributed by atoms with Gasteiger partial charge in [0, 0.05) is 11.1 Å². The standard InChI is InChI=1S/C16H25NO2/c1-12-5-4-9-16(17,10-8-12)14-11-13(18-2)6-7-15(14)19-3/h6-7,11-12H,4-5,8-10,17H2,1-3H3. The van der Waals surface area contributed by atoms with Gasteiger partial charge in [-0.05, 0) is 43.4 Å². The van der Waals surface area contributed by atoms with Gasteiger partial charge in [-0.3, -0.25) is 0 Å². The largest absolute Gasteiger partial charge is 0.497 e. The first-order valence-electron chi connectivity index (χ1n) is 7.10. The second kappa shape index (κ2) is 5.83. The molecular weight excluding hydrogens is 238 g/mol. The highest BCUT2D eigenvalue weighted by Gasteiger charge is 2.32. The van der Waals surface area contributed by atoms with Crippen molar-refractivity contribution in [2.24, 2.45) is 11.7 Å². The number of methoxy groups -OCH3 is 2. The predicted molar refractivity (Wildman–Crippen MR) is 77.7 cm³/mol. The van der Waals surface area contributed by atoms with Crippen molar-refractivity contribution < 1.29 is 9.47 Å². The fraction of sp³-hybridized carbons (Fsp3) is 0.625. The molecule has 1 aromatic carbocycles. The van der Waals surface area contributed by atoms with Gasteiger partial charge in [-0.15, -0.1) is 0 Å². The molecule has 0 bridgehead atoms. The molecule has 1 fully saturated rings. The first-order valence-corrected chi connectivity index (χ1v) is 7.10. The van der Waals surface area contributed by atoms with E-state index in [4.69, 9.17) is 15.2 Å². The highest BCUT2D eigenvalue weighted by Crippen LogP contribution is 2.41. The summed E-state index contributed by atoms with van der Waals surface area (Å²) in [6.07, 6.45) is 5.65.